The number of carbonyl (C=O) groups is 1. The van der Waals surface area contributed by atoms with Crippen molar-refractivity contribution in [3.8, 4) is 0 Å². The van der Waals surface area contributed by atoms with Crippen molar-refractivity contribution in [2.24, 2.45) is 0 Å². The van der Waals surface area contributed by atoms with E-state index in [1.54, 1.807) is 12.4 Å². The Morgan fingerprint density at radius 1 is 1.78 bits per heavy atom. The third kappa shape index (κ3) is 1.05. The van der Waals surface area contributed by atoms with Crippen LogP contribution in [0.2, 0.25) is 0 Å². The summed E-state index contributed by atoms with van der Waals surface area (Å²) in [6.45, 7) is 3.32. The SMILES string of the molecule is C=CC(=O)n1ccnc1. The maximum Gasteiger partial charge on any atom is 0.255 e. The molecule has 0 aliphatic heterocycles. The van der Waals surface area contributed by atoms with Crippen LogP contribution in [0, 0.1) is 0 Å². The van der Waals surface area contributed by atoms with E-state index in [2.05, 4.69) is 11.6 Å². The summed E-state index contributed by atoms with van der Waals surface area (Å²) in [5.41, 5.74) is 0. The molecule has 0 saturated carbocycles. The van der Waals surface area contributed by atoms with Crippen LogP contribution in [0.4, 0.5) is 0 Å². The Kier molecular flexibility index (Phi) is 1.44. The molecule has 0 radical (unpaired) electrons. The predicted molar refractivity (Wildman–Crippen MR) is 33.1 cm³/mol. The van der Waals surface area contributed by atoms with Crippen LogP contribution in [0.1, 0.15) is 4.79 Å². The lowest BCUT2D eigenvalue weighted by atomic mass is 10.6. The number of hydrogen-bond acceptors (Lipinski definition) is 2. The minimum absolute atomic E-state index is 0.160. The van der Waals surface area contributed by atoms with Crippen LogP contribution in [-0.2, 0) is 0 Å². The number of allylic oxidation sites excluding steroid dienone is 1. The van der Waals surface area contributed by atoms with E-state index in [0.29, 0.717) is 0 Å². The van der Waals surface area contributed by atoms with Crippen LogP contribution in [0.3, 0.4) is 0 Å². The fraction of sp³-hybridized carbons (Fsp3) is 0. The first-order chi connectivity index (χ1) is 4.34. The van der Waals surface area contributed by atoms with Gasteiger partial charge >= 0.3 is 0 Å². The molecule has 0 aliphatic carbocycles. The average molecular weight is 122 g/mol. The Hall–Kier alpha value is -1.38. The Morgan fingerprint density at radius 3 is 3.00 bits per heavy atom. The van der Waals surface area contributed by atoms with E-state index in [0.717, 1.165) is 0 Å². The van der Waals surface area contributed by atoms with Crippen LogP contribution in [0.25, 0.3) is 0 Å². The van der Waals surface area contributed by atoms with E-state index in [-0.39, 0.29) is 5.91 Å². The van der Waals surface area contributed by atoms with E-state index in [1.807, 2.05) is 0 Å². The molecule has 0 amide bonds. The van der Waals surface area contributed by atoms with E-state index >= 15 is 0 Å². The molecule has 1 rings (SSSR count). The molecule has 0 atom stereocenters. The standard InChI is InChI=1S/C6H6N2O/c1-2-6(9)8-4-3-7-5-8/h2-5H,1H2. The van der Waals surface area contributed by atoms with Crippen molar-refractivity contribution in [2.45, 2.75) is 0 Å². The van der Waals surface area contributed by atoms with Crippen LogP contribution in [0.5, 0.6) is 0 Å². The Balaban J connectivity index is 2.89. The molecule has 0 unspecified atom stereocenters. The highest BCUT2D eigenvalue weighted by Crippen LogP contribution is 1.84. The average Bonchev–Trinajstić information content (AvgIpc) is 2.37. The van der Waals surface area contributed by atoms with Crippen molar-refractivity contribution in [1.29, 1.82) is 0 Å². The second-order valence-electron chi connectivity index (χ2n) is 1.51. The number of aromatic nitrogens is 2. The van der Waals surface area contributed by atoms with Gasteiger partial charge in [-0.05, 0) is 6.08 Å². The van der Waals surface area contributed by atoms with Crippen LogP contribution < -0.4 is 0 Å². The molecule has 1 heterocycles. The quantitative estimate of drug-likeness (QED) is 0.514. The van der Waals surface area contributed by atoms with Gasteiger partial charge in [-0.3, -0.25) is 9.36 Å². The summed E-state index contributed by atoms with van der Waals surface area (Å²) in [5.74, 6) is -0.160. The fourth-order valence-corrected chi connectivity index (χ4v) is 0.495. The molecular weight excluding hydrogens is 116 g/mol. The molecule has 0 N–H and O–H groups in total. The predicted octanol–water partition coefficient (Wildman–Crippen LogP) is 0.709. The fourth-order valence-electron chi connectivity index (χ4n) is 0.495. The minimum atomic E-state index is -0.160. The van der Waals surface area contributed by atoms with Gasteiger partial charge in [-0.15, -0.1) is 0 Å². The molecule has 0 saturated heterocycles. The third-order valence-electron chi connectivity index (χ3n) is 0.934. The van der Waals surface area contributed by atoms with Crippen molar-refractivity contribution in [3.05, 3.63) is 31.4 Å². The van der Waals surface area contributed by atoms with Crippen molar-refractivity contribution in [2.75, 3.05) is 0 Å². The van der Waals surface area contributed by atoms with Gasteiger partial charge < -0.3 is 0 Å². The van der Waals surface area contributed by atoms with Gasteiger partial charge in [0.2, 0.25) is 0 Å². The van der Waals surface area contributed by atoms with E-state index in [1.165, 1.54) is 17.0 Å². The summed E-state index contributed by atoms with van der Waals surface area (Å²) in [6, 6.07) is 0. The topological polar surface area (TPSA) is 34.9 Å². The molecule has 0 spiro atoms. The molecule has 46 valence electrons. The lowest BCUT2D eigenvalue weighted by Crippen LogP contribution is -2.02. The molecule has 1 aromatic heterocycles. The van der Waals surface area contributed by atoms with E-state index in [9.17, 15) is 4.79 Å². The molecule has 0 aromatic carbocycles. The Morgan fingerprint density at radius 2 is 2.56 bits per heavy atom. The third-order valence-corrected chi connectivity index (χ3v) is 0.934. The number of hydrogen-bond donors (Lipinski definition) is 0. The number of rotatable bonds is 1. The summed E-state index contributed by atoms with van der Waals surface area (Å²) < 4.78 is 1.35. The highest BCUT2D eigenvalue weighted by Gasteiger charge is 1.93. The minimum Gasteiger partial charge on any atom is -0.273 e. The maximum atomic E-state index is 10.7. The summed E-state index contributed by atoms with van der Waals surface area (Å²) >= 11 is 0. The van der Waals surface area contributed by atoms with Crippen molar-refractivity contribution < 1.29 is 4.79 Å². The molecule has 3 heteroatoms. The summed E-state index contributed by atoms with van der Waals surface area (Å²) in [6.07, 6.45) is 5.79. The number of carbonyl (C=O) groups excluding carboxylic acids is 1. The highest BCUT2D eigenvalue weighted by molar-refractivity contribution is 5.88. The molecule has 0 bridgehead atoms. The zero-order chi connectivity index (χ0) is 6.69. The highest BCUT2D eigenvalue weighted by atomic mass is 16.1. The lowest BCUT2D eigenvalue weighted by molar-refractivity contribution is 0.0969. The summed E-state index contributed by atoms with van der Waals surface area (Å²) in [5, 5.41) is 0. The van der Waals surface area contributed by atoms with Gasteiger partial charge in [0, 0.05) is 12.4 Å². The van der Waals surface area contributed by atoms with Gasteiger partial charge in [0.25, 0.3) is 5.91 Å². The smallest absolute Gasteiger partial charge is 0.255 e. The van der Waals surface area contributed by atoms with E-state index in [4.69, 9.17) is 0 Å². The maximum absolute atomic E-state index is 10.7. The normalized spacial score (nSPS) is 8.89. The van der Waals surface area contributed by atoms with Crippen molar-refractivity contribution in [1.82, 2.24) is 9.55 Å². The zero-order valence-corrected chi connectivity index (χ0v) is 4.82. The first-order valence-electron chi connectivity index (χ1n) is 2.49. The van der Waals surface area contributed by atoms with E-state index < -0.39 is 0 Å². The largest absolute Gasteiger partial charge is 0.273 e. The lowest BCUT2D eigenvalue weighted by Gasteiger charge is -1.89. The molecule has 1 aromatic rings. The molecule has 0 fully saturated rings. The van der Waals surface area contributed by atoms with Gasteiger partial charge in [0.15, 0.2) is 0 Å². The number of nitrogens with zero attached hydrogens (tertiary/aromatic N) is 2. The zero-order valence-electron chi connectivity index (χ0n) is 4.82. The molecular formula is C6H6N2O. The van der Waals surface area contributed by atoms with Crippen LogP contribution in [-0.4, -0.2) is 15.5 Å². The Bertz CT molecular complexity index is 213. The molecule has 3 nitrogen and oxygen atoms in total. The molecule has 9 heavy (non-hydrogen) atoms. The van der Waals surface area contributed by atoms with Crippen molar-refractivity contribution in [3.63, 3.8) is 0 Å². The van der Waals surface area contributed by atoms with Gasteiger partial charge in [0.1, 0.15) is 6.33 Å². The van der Waals surface area contributed by atoms with Crippen LogP contribution >= 0.6 is 0 Å². The number of imidazole rings is 1. The van der Waals surface area contributed by atoms with Gasteiger partial charge in [-0.2, -0.15) is 0 Å². The summed E-state index contributed by atoms with van der Waals surface area (Å²) in [4.78, 5) is 14.4. The molecule has 0 aliphatic rings. The monoisotopic (exact) mass is 122 g/mol. The van der Waals surface area contributed by atoms with Gasteiger partial charge in [0.05, 0.1) is 0 Å². The first-order valence-corrected chi connectivity index (χ1v) is 2.49. The second-order valence-corrected chi connectivity index (χ2v) is 1.51. The van der Waals surface area contributed by atoms with Gasteiger partial charge in [-0.1, -0.05) is 6.58 Å². The Labute approximate surface area is 52.6 Å². The van der Waals surface area contributed by atoms with Crippen LogP contribution in [0.15, 0.2) is 31.4 Å². The summed E-state index contributed by atoms with van der Waals surface area (Å²) in [7, 11) is 0. The second kappa shape index (κ2) is 2.26. The van der Waals surface area contributed by atoms with Crippen molar-refractivity contribution >= 4 is 5.91 Å². The first kappa shape index (κ1) is 5.75. The van der Waals surface area contributed by atoms with Gasteiger partial charge in [-0.25, -0.2) is 4.98 Å².